The molecule has 1 unspecified atom stereocenters. The van der Waals surface area contributed by atoms with Gasteiger partial charge in [0.1, 0.15) is 0 Å². The van der Waals surface area contributed by atoms with Gasteiger partial charge in [0.25, 0.3) is 10.1 Å². The van der Waals surface area contributed by atoms with Crippen molar-refractivity contribution in [3.8, 4) is 0 Å². The average molecular weight is 306 g/mol. The Labute approximate surface area is 135 Å². The van der Waals surface area contributed by atoms with Crippen molar-refractivity contribution >= 4 is 22.1 Å². The molecule has 0 aromatic heterocycles. The van der Waals surface area contributed by atoms with Crippen molar-refractivity contribution in [1.29, 1.82) is 0 Å². The van der Waals surface area contributed by atoms with Crippen molar-refractivity contribution in [3.63, 3.8) is 0 Å². The van der Waals surface area contributed by atoms with Crippen LogP contribution < -0.4 is 29.6 Å². The monoisotopic (exact) mass is 306 g/mol. The van der Waals surface area contributed by atoms with Crippen LogP contribution in [0.25, 0.3) is 0 Å². The van der Waals surface area contributed by atoms with Gasteiger partial charge in [-0.25, -0.2) is 0 Å². The van der Waals surface area contributed by atoms with E-state index >= 15 is 0 Å². The summed E-state index contributed by atoms with van der Waals surface area (Å²) in [5.74, 6) is -3.50. The molecule has 1 saturated carbocycles. The first-order valence-electron chi connectivity index (χ1n) is 5.66. The van der Waals surface area contributed by atoms with E-state index in [0.29, 0.717) is 0 Å². The smallest absolute Gasteiger partial charge is 1.00 e. The van der Waals surface area contributed by atoms with E-state index in [2.05, 4.69) is 0 Å². The molecule has 1 atom stereocenters. The first-order valence-corrected chi connectivity index (χ1v) is 7.16. The Morgan fingerprint density at radius 3 is 1.42 bits per heavy atom. The standard InChI is InChI=1S/C6H12.C4H6O7S.Na.H/c1-2-4-6-5-3-1;5-3(6)1-2(4(7)8)12(9,10)11;;/h1-6H2;2H,1H2,(H,5,6)(H,7,8)(H,9,10,11);;/q;;+1;-1. The topological polar surface area (TPSA) is 129 Å². The van der Waals surface area contributed by atoms with Gasteiger partial charge in [0, 0.05) is 0 Å². The molecule has 1 aliphatic carbocycles. The molecule has 1 rings (SSSR count). The molecule has 0 amide bonds. The fourth-order valence-electron chi connectivity index (χ4n) is 1.54. The summed E-state index contributed by atoms with van der Waals surface area (Å²) in [6.45, 7) is 0. The van der Waals surface area contributed by atoms with E-state index in [4.69, 9.17) is 14.8 Å². The minimum Gasteiger partial charge on any atom is -1.00 e. The second-order valence-electron chi connectivity index (χ2n) is 4.06. The molecule has 3 N–H and O–H groups in total. The Morgan fingerprint density at radius 2 is 1.32 bits per heavy atom. The SMILES string of the molecule is C1CCCCC1.O=C(O)CC(C(=O)O)S(=O)(=O)O.[H-].[Na+]. The summed E-state index contributed by atoms with van der Waals surface area (Å²) in [6, 6.07) is 0. The summed E-state index contributed by atoms with van der Waals surface area (Å²) in [5.41, 5.74) is 0. The second-order valence-corrected chi connectivity index (χ2v) is 5.66. The Bertz CT molecular complexity index is 370. The van der Waals surface area contributed by atoms with Crippen LogP contribution in [0.1, 0.15) is 46.4 Å². The largest absolute Gasteiger partial charge is 1.00 e. The fraction of sp³-hybridized carbons (Fsp3) is 0.800. The number of carboxylic acids is 2. The van der Waals surface area contributed by atoms with Gasteiger partial charge in [0.15, 0.2) is 5.25 Å². The van der Waals surface area contributed by atoms with E-state index < -0.39 is 33.7 Å². The van der Waals surface area contributed by atoms with Crippen LogP contribution in [0.15, 0.2) is 0 Å². The van der Waals surface area contributed by atoms with Crippen LogP contribution in [-0.2, 0) is 19.7 Å². The Hall–Kier alpha value is -0.150. The van der Waals surface area contributed by atoms with E-state index in [1.165, 1.54) is 38.5 Å². The van der Waals surface area contributed by atoms with Gasteiger partial charge in [-0.2, -0.15) is 8.42 Å². The van der Waals surface area contributed by atoms with Crippen LogP contribution in [0.2, 0.25) is 0 Å². The molecule has 19 heavy (non-hydrogen) atoms. The fourth-order valence-corrected chi connectivity index (χ4v) is 2.15. The van der Waals surface area contributed by atoms with Gasteiger partial charge in [-0.3, -0.25) is 14.1 Å². The Morgan fingerprint density at radius 1 is 1.00 bits per heavy atom. The third-order valence-electron chi connectivity index (χ3n) is 2.50. The predicted octanol–water partition coefficient (Wildman–Crippen LogP) is -1.74. The zero-order valence-corrected chi connectivity index (χ0v) is 13.7. The van der Waals surface area contributed by atoms with Crippen molar-refractivity contribution in [1.82, 2.24) is 0 Å². The van der Waals surface area contributed by atoms with Crippen LogP contribution in [0.3, 0.4) is 0 Å². The molecule has 9 heteroatoms. The summed E-state index contributed by atoms with van der Waals surface area (Å²) in [4.78, 5) is 20.0. The van der Waals surface area contributed by atoms with Gasteiger partial charge in [-0.1, -0.05) is 38.5 Å². The van der Waals surface area contributed by atoms with E-state index in [-0.39, 0.29) is 31.0 Å². The molecular formula is C10H19NaO7S. The summed E-state index contributed by atoms with van der Waals surface area (Å²) in [6.07, 6.45) is 7.84. The van der Waals surface area contributed by atoms with Crippen LogP contribution in [0, 0.1) is 0 Å². The summed E-state index contributed by atoms with van der Waals surface area (Å²) >= 11 is 0. The number of hydrogen-bond acceptors (Lipinski definition) is 4. The average Bonchev–Trinajstić information content (AvgIpc) is 2.27. The number of aliphatic carboxylic acids is 2. The number of rotatable bonds is 4. The molecule has 108 valence electrons. The van der Waals surface area contributed by atoms with Gasteiger partial charge in [-0.05, 0) is 0 Å². The molecule has 1 fully saturated rings. The number of carbonyl (C=O) groups is 2. The molecule has 0 bridgehead atoms. The molecule has 0 aromatic rings. The first kappa shape index (κ1) is 21.2. The molecular weight excluding hydrogens is 287 g/mol. The van der Waals surface area contributed by atoms with Gasteiger partial charge >= 0.3 is 41.5 Å². The zero-order chi connectivity index (χ0) is 14.2. The Kier molecular flexibility index (Phi) is 11.8. The van der Waals surface area contributed by atoms with Crippen molar-refractivity contribution < 1.29 is 63.8 Å². The Balaban J connectivity index is -0.000000307. The van der Waals surface area contributed by atoms with Gasteiger partial charge in [-0.15, -0.1) is 0 Å². The molecule has 0 spiro atoms. The van der Waals surface area contributed by atoms with Crippen LogP contribution in [0.4, 0.5) is 0 Å². The summed E-state index contributed by atoms with van der Waals surface area (Å²) in [7, 11) is -4.84. The third kappa shape index (κ3) is 11.4. The number of hydrogen-bond donors (Lipinski definition) is 3. The van der Waals surface area contributed by atoms with Crippen LogP contribution >= 0.6 is 0 Å². The summed E-state index contributed by atoms with van der Waals surface area (Å²) < 4.78 is 28.7. The molecule has 0 radical (unpaired) electrons. The van der Waals surface area contributed by atoms with E-state index in [0.717, 1.165) is 0 Å². The molecule has 7 nitrogen and oxygen atoms in total. The number of carboxylic acid groups (broad SMARTS) is 2. The molecule has 0 heterocycles. The first-order chi connectivity index (χ1) is 8.25. The molecule has 0 aromatic carbocycles. The zero-order valence-electron chi connectivity index (χ0n) is 11.9. The molecule has 1 aliphatic rings. The van der Waals surface area contributed by atoms with Gasteiger partial charge in [0.05, 0.1) is 6.42 Å². The third-order valence-corrected chi connectivity index (χ3v) is 3.58. The van der Waals surface area contributed by atoms with E-state index in [9.17, 15) is 18.0 Å². The van der Waals surface area contributed by atoms with Crippen LogP contribution in [0.5, 0.6) is 0 Å². The molecule has 0 saturated heterocycles. The van der Waals surface area contributed by atoms with Crippen molar-refractivity contribution in [2.45, 2.75) is 50.2 Å². The molecule has 0 aliphatic heterocycles. The maximum absolute atomic E-state index is 10.2. The van der Waals surface area contributed by atoms with Gasteiger partial charge in [0.2, 0.25) is 0 Å². The maximum atomic E-state index is 10.2. The van der Waals surface area contributed by atoms with Crippen molar-refractivity contribution in [2.75, 3.05) is 0 Å². The quantitative estimate of drug-likeness (QED) is 0.415. The second kappa shape index (κ2) is 10.6. The predicted molar refractivity (Wildman–Crippen MR) is 64.0 cm³/mol. The normalized spacial score (nSPS) is 16.3. The minimum atomic E-state index is -4.84. The van der Waals surface area contributed by atoms with Crippen LogP contribution in [-0.4, -0.2) is 40.4 Å². The van der Waals surface area contributed by atoms with Crippen molar-refractivity contribution in [2.24, 2.45) is 0 Å². The maximum Gasteiger partial charge on any atom is 1.00 e. The summed E-state index contributed by atoms with van der Waals surface area (Å²) in [5, 5.41) is 13.9. The van der Waals surface area contributed by atoms with Crippen molar-refractivity contribution in [3.05, 3.63) is 0 Å². The van der Waals surface area contributed by atoms with E-state index in [1.807, 2.05) is 0 Å². The van der Waals surface area contributed by atoms with E-state index in [1.54, 1.807) is 0 Å². The van der Waals surface area contributed by atoms with Gasteiger partial charge < -0.3 is 11.6 Å². The minimum absolute atomic E-state index is 0.